The summed E-state index contributed by atoms with van der Waals surface area (Å²) >= 11 is 5.32. The van der Waals surface area contributed by atoms with Gasteiger partial charge in [-0.3, -0.25) is 10.1 Å². The maximum absolute atomic E-state index is 12.5. The van der Waals surface area contributed by atoms with Crippen molar-refractivity contribution in [3.63, 3.8) is 0 Å². The highest BCUT2D eigenvalue weighted by molar-refractivity contribution is 7.80. The standard InChI is InChI=1S/C19H28N2O3S/c1-2-23-13-14-24-17-12-8-7-11-16(17)18(22)21-19(25)20-15-9-5-3-4-6-10-15/h7-8,11-12,15H,2-6,9-10,13-14H2,1H3,(H2,20,21,22,25). The van der Waals surface area contributed by atoms with Crippen LogP contribution in [0, 0.1) is 0 Å². The second kappa shape index (κ2) is 11.1. The zero-order valence-corrected chi connectivity index (χ0v) is 15.7. The van der Waals surface area contributed by atoms with Crippen molar-refractivity contribution < 1.29 is 14.3 Å². The third-order valence-electron chi connectivity index (χ3n) is 4.24. The minimum absolute atomic E-state index is 0.252. The number of rotatable bonds is 7. The van der Waals surface area contributed by atoms with Gasteiger partial charge >= 0.3 is 0 Å². The highest BCUT2D eigenvalue weighted by atomic mass is 32.1. The Kier molecular flexibility index (Phi) is 8.69. The van der Waals surface area contributed by atoms with E-state index in [4.69, 9.17) is 21.7 Å². The molecule has 0 radical (unpaired) electrons. The van der Waals surface area contributed by atoms with Crippen LogP contribution < -0.4 is 15.4 Å². The van der Waals surface area contributed by atoms with Gasteiger partial charge in [0, 0.05) is 12.6 Å². The Morgan fingerprint density at radius 2 is 1.88 bits per heavy atom. The monoisotopic (exact) mass is 364 g/mol. The van der Waals surface area contributed by atoms with Gasteiger partial charge < -0.3 is 14.8 Å². The zero-order chi connectivity index (χ0) is 17.9. The minimum atomic E-state index is -0.252. The van der Waals surface area contributed by atoms with Crippen molar-refractivity contribution in [1.29, 1.82) is 0 Å². The molecule has 0 heterocycles. The molecule has 0 aliphatic heterocycles. The van der Waals surface area contributed by atoms with E-state index in [1.54, 1.807) is 12.1 Å². The summed E-state index contributed by atoms with van der Waals surface area (Å²) in [6, 6.07) is 7.52. The van der Waals surface area contributed by atoms with Crippen LogP contribution in [-0.4, -0.2) is 36.9 Å². The number of ether oxygens (including phenoxy) is 2. The van der Waals surface area contributed by atoms with E-state index in [0.29, 0.717) is 42.3 Å². The fourth-order valence-corrected chi connectivity index (χ4v) is 3.21. The van der Waals surface area contributed by atoms with Crippen molar-refractivity contribution in [2.45, 2.75) is 51.5 Å². The summed E-state index contributed by atoms with van der Waals surface area (Å²) < 4.78 is 10.9. The Hall–Kier alpha value is -1.66. The number of para-hydroxylation sites is 1. The molecule has 0 bridgehead atoms. The average molecular weight is 365 g/mol. The summed E-state index contributed by atoms with van der Waals surface area (Å²) in [4.78, 5) is 12.5. The van der Waals surface area contributed by atoms with Crippen LogP contribution in [0.4, 0.5) is 0 Å². The topological polar surface area (TPSA) is 59.6 Å². The molecule has 25 heavy (non-hydrogen) atoms. The zero-order valence-electron chi connectivity index (χ0n) is 14.9. The highest BCUT2D eigenvalue weighted by Crippen LogP contribution is 2.19. The van der Waals surface area contributed by atoms with Gasteiger partial charge in [0.05, 0.1) is 12.2 Å². The van der Waals surface area contributed by atoms with E-state index in [2.05, 4.69) is 10.6 Å². The van der Waals surface area contributed by atoms with E-state index < -0.39 is 0 Å². The third-order valence-corrected chi connectivity index (χ3v) is 4.46. The number of hydrogen-bond acceptors (Lipinski definition) is 4. The van der Waals surface area contributed by atoms with Crippen LogP contribution in [0.2, 0.25) is 0 Å². The maximum atomic E-state index is 12.5. The smallest absolute Gasteiger partial charge is 0.261 e. The van der Waals surface area contributed by atoms with Gasteiger partial charge in [-0.1, -0.05) is 37.8 Å². The molecule has 1 aliphatic carbocycles. The summed E-state index contributed by atoms with van der Waals surface area (Å²) in [6.07, 6.45) is 7.20. The molecular formula is C19H28N2O3S. The summed E-state index contributed by atoms with van der Waals surface area (Å²) in [5, 5.41) is 6.44. The molecule has 0 saturated heterocycles. The Bertz CT molecular complexity index is 557. The first-order valence-electron chi connectivity index (χ1n) is 9.12. The van der Waals surface area contributed by atoms with Gasteiger partial charge in [-0.05, 0) is 44.1 Å². The van der Waals surface area contributed by atoms with E-state index in [0.717, 1.165) is 12.8 Å². The lowest BCUT2D eigenvalue weighted by atomic mass is 10.1. The predicted octanol–water partition coefficient (Wildman–Crippen LogP) is 3.43. The number of hydrogen-bond donors (Lipinski definition) is 2. The average Bonchev–Trinajstić information content (AvgIpc) is 2.87. The van der Waals surface area contributed by atoms with Gasteiger partial charge in [-0.2, -0.15) is 0 Å². The summed E-state index contributed by atoms with van der Waals surface area (Å²) in [5.41, 5.74) is 0.476. The molecule has 1 amide bonds. The largest absolute Gasteiger partial charge is 0.490 e. The molecule has 0 atom stereocenters. The second-order valence-corrected chi connectivity index (χ2v) is 6.57. The molecule has 0 unspecified atom stereocenters. The molecule has 1 saturated carbocycles. The molecule has 2 rings (SSSR count). The van der Waals surface area contributed by atoms with Crippen molar-refractivity contribution in [1.82, 2.24) is 10.6 Å². The molecule has 5 nitrogen and oxygen atoms in total. The van der Waals surface area contributed by atoms with Crippen LogP contribution in [0.5, 0.6) is 5.75 Å². The van der Waals surface area contributed by atoms with Gasteiger partial charge in [0.25, 0.3) is 5.91 Å². The molecule has 1 aromatic rings. The van der Waals surface area contributed by atoms with E-state index in [-0.39, 0.29) is 5.91 Å². The Labute approximate surface area is 155 Å². The lowest BCUT2D eigenvalue weighted by Gasteiger charge is -2.19. The maximum Gasteiger partial charge on any atom is 0.261 e. The van der Waals surface area contributed by atoms with Gasteiger partial charge in [0.1, 0.15) is 12.4 Å². The number of carbonyl (C=O) groups is 1. The van der Waals surface area contributed by atoms with E-state index >= 15 is 0 Å². The molecule has 6 heteroatoms. The molecule has 2 N–H and O–H groups in total. The normalized spacial score (nSPS) is 15.2. The number of thiocarbonyl (C=S) groups is 1. The fraction of sp³-hybridized carbons (Fsp3) is 0.579. The SMILES string of the molecule is CCOCCOc1ccccc1C(=O)NC(=S)NC1CCCCCC1. The van der Waals surface area contributed by atoms with Gasteiger partial charge in [0.15, 0.2) is 5.11 Å². The van der Waals surface area contributed by atoms with Crippen LogP contribution in [-0.2, 0) is 4.74 Å². The molecular weight excluding hydrogens is 336 g/mol. The quantitative estimate of drug-likeness (QED) is 0.441. The Balaban J connectivity index is 1.87. The first-order valence-corrected chi connectivity index (χ1v) is 9.53. The van der Waals surface area contributed by atoms with Crippen molar-refractivity contribution >= 4 is 23.2 Å². The molecule has 0 aromatic heterocycles. The van der Waals surface area contributed by atoms with Crippen LogP contribution >= 0.6 is 12.2 Å². The molecule has 0 spiro atoms. The number of benzene rings is 1. The second-order valence-electron chi connectivity index (χ2n) is 6.16. The van der Waals surface area contributed by atoms with E-state index in [1.165, 1.54) is 25.7 Å². The summed E-state index contributed by atoms with van der Waals surface area (Å²) in [5.74, 6) is 0.287. The summed E-state index contributed by atoms with van der Waals surface area (Å²) in [7, 11) is 0. The van der Waals surface area contributed by atoms with E-state index in [1.807, 2.05) is 19.1 Å². The van der Waals surface area contributed by atoms with Crippen molar-refractivity contribution in [2.24, 2.45) is 0 Å². The van der Waals surface area contributed by atoms with E-state index in [9.17, 15) is 4.79 Å². The first-order chi connectivity index (χ1) is 12.2. The van der Waals surface area contributed by atoms with Gasteiger partial charge in [-0.15, -0.1) is 0 Å². The molecule has 1 fully saturated rings. The van der Waals surface area contributed by atoms with Crippen molar-refractivity contribution in [3.8, 4) is 5.75 Å². The third kappa shape index (κ3) is 7.00. The molecule has 1 aliphatic rings. The minimum Gasteiger partial charge on any atom is -0.490 e. The van der Waals surface area contributed by atoms with Crippen molar-refractivity contribution in [2.75, 3.05) is 19.8 Å². The molecule has 1 aromatic carbocycles. The lowest BCUT2D eigenvalue weighted by molar-refractivity contribution is 0.0957. The van der Waals surface area contributed by atoms with Crippen LogP contribution in [0.3, 0.4) is 0 Å². The van der Waals surface area contributed by atoms with Crippen LogP contribution in [0.15, 0.2) is 24.3 Å². The van der Waals surface area contributed by atoms with Crippen molar-refractivity contribution in [3.05, 3.63) is 29.8 Å². The Morgan fingerprint density at radius 1 is 1.16 bits per heavy atom. The van der Waals surface area contributed by atoms with Gasteiger partial charge in [0.2, 0.25) is 0 Å². The number of amides is 1. The van der Waals surface area contributed by atoms with Crippen LogP contribution in [0.1, 0.15) is 55.8 Å². The Morgan fingerprint density at radius 3 is 2.60 bits per heavy atom. The lowest BCUT2D eigenvalue weighted by Crippen LogP contribution is -2.44. The van der Waals surface area contributed by atoms with Crippen LogP contribution in [0.25, 0.3) is 0 Å². The number of nitrogens with one attached hydrogen (secondary N) is 2. The summed E-state index contributed by atoms with van der Waals surface area (Å²) in [6.45, 7) is 3.48. The number of carbonyl (C=O) groups excluding carboxylic acids is 1. The molecule has 138 valence electrons. The fourth-order valence-electron chi connectivity index (χ4n) is 2.95. The highest BCUT2D eigenvalue weighted by Gasteiger charge is 2.16. The first kappa shape index (κ1) is 19.7. The van der Waals surface area contributed by atoms with Gasteiger partial charge in [-0.25, -0.2) is 0 Å². The predicted molar refractivity (Wildman–Crippen MR) is 103 cm³/mol.